The van der Waals surface area contributed by atoms with E-state index in [1.54, 1.807) is 23.4 Å². The zero-order valence-electron chi connectivity index (χ0n) is 11.6. The Balaban J connectivity index is 2.08. The number of hydrogen-bond donors (Lipinski definition) is 0. The minimum Gasteiger partial charge on any atom is -0.497 e. The molecule has 3 rings (SSSR count). The van der Waals surface area contributed by atoms with E-state index in [1.807, 2.05) is 30.3 Å². The summed E-state index contributed by atoms with van der Waals surface area (Å²) in [5.74, 6) is 1.70. The van der Waals surface area contributed by atoms with Crippen LogP contribution >= 0.6 is 23.4 Å². The molecule has 7 heteroatoms. The molecule has 2 aromatic heterocycles. The first kappa shape index (κ1) is 14.2. The van der Waals surface area contributed by atoms with E-state index in [0.29, 0.717) is 10.8 Å². The van der Waals surface area contributed by atoms with Gasteiger partial charge < -0.3 is 4.74 Å². The van der Waals surface area contributed by atoms with Gasteiger partial charge in [-0.1, -0.05) is 42.4 Å². The molecule has 0 N–H and O–H groups in total. The first-order valence-electron chi connectivity index (χ1n) is 6.42. The summed E-state index contributed by atoms with van der Waals surface area (Å²) in [5.41, 5.74) is 2.47. The Bertz CT molecular complexity index is 772. The van der Waals surface area contributed by atoms with E-state index in [4.69, 9.17) is 16.3 Å². The van der Waals surface area contributed by atoms with E-state index in [2.05, 4.69) is 22.2 Å². The first-order valence-corrected chi connectivity index (χ1v) is 7.78. The van der Waals surface area contributed by atoms with Gasteiger partial charge in [-0.2, -0.15) is 9.61 Å². The van der Waals surface area contributed by atoms with E-state index in [0.717, 1.165) is 27.8 Å². The molecular formula is C14H13ClN4OS. The van der Waals surface area contributed by atoms with Crippen LogP contribution in [-0.2, 0) is 0 Å². The van der Waals surface area contributed by atoms with Gasteiger partial charge in [0, 0.05) is 5.56 Å². The maximum atomic E-state index is 6.31. The van der Waals surface area contributed by atoms with Gasteiger partial charge in [-0.05, 0) is 29.5 Å². The SMILES string of the molecule is CCSc1nnc2cc(-c3ccc(OC)cc3)c(Cl)nn12. The number of hydrogen-bond acceptors (Lipinski definition) is 5. The van der Waals surface area contributed by atoms with Crippen LogP contribution in [0.3, 0.4) is 0 Å². The fraction of sp³-hybridized carbons (Fsp3) is 0.214. The molecule has 0 unspecified atom stereocenters. The number of halogens is 1. The maximum absolute atomic E-state index is 6.31. The molecule has 0 spiro atoms. The van der Waals surface area contributed by atoms with Gasteiger partial charge in [0.1, 0.15) is 5.75 Å². The highest BCUT2D eigenvalue weighted by atomic mass is 35.5. The van der Waals surface area contributed by atoms with Crippen molar-refractivity contribution >= 4 is 29.0 Å². The summed E-state index contributed by atoms with van der Waals surface area (Å²) in [6, 6.07) is 9.55. The van der Waals surface area contributed by atoms with Crippen molar-refractivity contribution in [3.8, 4) is 16.9 Å². The van der Waals surface area contributed by atoms with Crippen LogP contribution in [0.2, 0.25) is 5.15 Å². The van der Waals surface area contributed by atoms with Crippen LogP contribution in [0.4, 0.5) is 0 Å². The van der Waals surface area contributed by atoms with Crippen molar-refractivity contribution in [2.75, 3.05) is 12.9 Å². The summed E-state index contributed by atoms with van der Waals surface area (Å²) in [4.78, 5) is 0. The average Bonchev–Trinajstić information content (AvgIpc) is 2.89. The number of ether oxygens (including phenoxy) is 1. The average molecular weight is 321 g/mol. The van der Waals surface area contributed by atoms with Crippen molar-refractivity contribution < 1.29 is 4.74 Å². The normalized spacial score (nSPS) is 11.0. The van der Waals surface area contributed by atoms with Crippen molar-refractivity contribution in [1.29, 1.82) is 0 Å². The third-order valence-electron chi connectivity index (χ3n) is 2.99. The molecule has 0 amide bonds. The molecule has 0 atom stereocenters. The highest BCUT2D eigenvalue weighted by molar-refractivity contribution is 7.99. The van der Waals surface area contributed by atoms with Crippen LogP contribution in [0.5, 0.6) is 5.75 Å². The van der Waals surface area contributed by atoms with Crippen LogP contribution in [0.15, 0.2) is 35.5 Å². The van der Waals surface area contributed by atoms with Crippen molar-refractivity contribution in [3.05, 3.63) is 35.5 Å². The molecule has 0 aliphatic rings. The molecule has 0 aliphatic heterocycles. The van der Waals surface area contributed by atoms with Gasteiger partial charge in [0.25, 0.3) is 0 Å². The quantitative estimate of drug-likeness (QED) is 0.688. The van der Waals surface area contributed by atoms with Crippen LogP contribution < -0.4 is 4.74 Å². The highest BCUT2D eigenvalue weighted by Gasteiger charge is 2.12. The summed E-state index contributed by atoms with van der Waals surface area (Å²) in [7, 11) is 1.64. The molecule has 1 aromatic carbocycles. The Morgan fingerprint density at radius 3 is 2.67 bits per heavy atom. The second kappa shape index (κ2) is 5.91. The summed E-state index contributed by atoms with van der Waals surface area (Å²) in [5, 5.41) is 13.8. The molecule has 0 bridgehead atoms. The standard InChI is InChI=1S/C14H13ClN4OS/c1-3-21-14-17-16-12-8-11(13(15)18-19(12)14)9-4-6-10(20-2)7-5-9/h4-8H,3H2,1-2H3. The first-order chi connectivity index (χ1) is 10.2. The molecule has 0 radical (unpaired) electrons. The van der Waals surface area contributed by atoms with E-state index < -0.39 is 0 Å². The fourth-order valence-corrected chi connectivity index (χ4v) is 2.84. The molecule has 3 aromatic rings. The largest absolute Gasteiger partial charge is 0.497 e. The van der Waals surface area contributed by atoms with E-state index in [-0.39, 0.29) is 0 Å². The summed E-state index contributed by atoms with van der Waals surface area (Å²) in [6.45, 7) is 2.05. The van der Waals surface area contributed by atoms with Crippen LogP contribution in [0.1, 0.15) is 6.92 Å². The number of nitrogens with zero attached hydrogens (tertiary/aromatic N) is 4. The van der Waals surface area contributed by atoms with Crippen LogP contribution in [-0.4, -0.2) is 32.7 Å². The van der Waals surface area contributed by atoms with Crippen molar-refractivity contribution in [2.24, 2.45) is 0 Å². The summed E-state index contributed by atoms with van der Waals surface area (Å²) < 4.78 is 6.83. The van der Waals surface area contributed by atoms with Gasteiger partial charge in [0.05, 0.1) is 7.11 Å². The Morgan fingerprint density at radius 2 is 2.00 bits per heavy atom. The van der Waals surface area contributed by atoms with Crippen molar-refractivity contribution in [2.45, 2.75) is 12.1 Å². The lowest BCUT2D eigenvalue weighted by Gasteiger charge is -2.06. The van der Waals surface area contributed by atoms with Crippen molar-refractivity contribution in [1.82, 2.24) is 19.8 Å². The Labute approximate surface area is 131 Å². The third-order valence-corrected chi connectivity index (χ3v) is 4.07. The zero-order valence-corrected chi connectivity index (χ0v) is 13.1. The van der Waals surface area contributed by atoms with Crippen LogP contribution in [0.25, 0.3) is 16.8 Å². The maximum Gasteiger partial charge on any atom is 0.212 e. The summed E-state index contributed by atoms with van der Waals surface area (Å²) in [6.07, 6.45) is 0. The molecule has 0 saturated carbocycles. The van der Waals surface area contributed by atoms with E-state index >= 15 is 0 Å². The van der Waals surface area contributed by atoms with Gasteiger partial charge >= 0.3 is 0 Å². The lowest BCUT2D eigenvalue weighted by Crippen LogP contribution is -1.96. The van der Waals surface area contributed by atoms with Gasteiger partial charge in [-0.25, -0.2) is 0 Å². The van der Waals surface area contributed by atoms with Gasteiger partial charge in [0.2, 0.25) is 5.16 Å². The Morgan fingerprint density at radius 1 is 1.24 bits per heavy atom. The lowest BCUT2D eigenvalue weighted by molar-refractivity contribution is 0.415. The smallest absolute Gasteiger partial charge is 0.212 e. The predicted molar refractivity (Wildman–Crippen MR) is 84.2 cm³/mol. The molecule has 5 nitrogen and oxygen atoms in total. The Kier molecular flexibility index (Phi) is 3.98. The third kappa shape index (κ3) is 2.69. The fourth-order valence-electron chi connectivity index (χ4n) is 1.98. The van der Waals surface area contributed by atoms with E-state index in [9.17, 15) is 0 Å². The molecule has 0 saturated heterocycles. The zero-order chi connectivity index (χ0) is 14.8. The molecule has 21 heavy (non-hydrogen) atoms. The summed E-state index contributed by atoms with van der Waals surface area (Å²) >= 11 is 7.89. The molecular weight excluding hydrogens is 308 g/mol. The molecule has 0 fully saturated rings. The second-order valence-electron chi connectivity index (χ2n) is 4.26. The number of rotatable bonds is 4. The second-order valence-corrected chi connectivity index (χ2v) is 5.85. The lowest BCUT2D eigenvalue weighted by atomic mass is 10.1. The van der Waals surface area contributed by atoms with Crippen LogP contribution in [0, 0.1) is 0 Å². The van der Waals surface area contributed by atoms with Crippen molar-refractivity contribution in [3.63, 3.8) is 0 Å². The molecule has 108 valence electrons. The van der Waals surface area contributed by atoms with Gasteiger partial charge in [-0.15, -0.1) is 10.2 Å². The predicted octanol–water partition coefficient (Wildman–Crippen LogP) is 3.57. The Hall–Kier alpha value is -1.79. The monoisotopic (exact) mass is 320 g/mol. The number of thioether (sulfide) groups is 1. The number of fused-ring (bicyclic) bond motifs is 1. The molecule has 2 heterocycles. The minimum atomic E-state index is 0.422. The number of methoxy groups -OCH3 is 1. The number of aromatic nitrogens is 4. The van der Waals surface area contributed by atoms with Gasteiger partial charge in [0.15, 0.2) is 10.8 Å². The minimum absolute atomic E-state index is 0.422. The molecule has 0 aliphatic carbocycles. The van der Waals surface area contributed by atoms with E-state index in [1.165, 1.54) is 0 Å². The number of benzene rings is 1. The highest BCUT2D eigenvalue weighted by Crippen LogP contribution is 2.29. The van der Waals surface area contributed by atoms with Gasteiger partial charge in [-0.3, -0.25) is 0 Å². The topological polar surface area (TPSA) is 52.3 Å².